The van der Waals surface area contributed by atoms with Gasteiger partial charge in [-0.05, 0) is 18.9 Å². The second-order valence-electron chi connectivity index (χ2n) is 5.86. The molecule has 1 saturated heterocycles. The lowest BCUT2D eigenvalue weighted by Gasteiger charge is -2.47. The minimum Gasteiger partial charge on any atom is -0.496 e. The van der Waals surface area contributed by atoms with Gasteiger partial charge in [0.1, 0.15) is 5.75 Å². The van der Waals surface area contributed by atoms with Gasteiger partial charge in [-0.1, -0.05) is 24.6 Å². The molecular formula is C16H24N2O. The van der Waals surface area contributed by atoms with Crippen molar-refractivity contribution in [1.82, 2.24) is 10.2 Å². The second kappa shape index (κ2) is 5.51. The Bertz CT molecular complexity index is 423. The third-order valence-electron chi connectivity index (χ3n) is 4.72. The van der Waals surface area contributed by atoms with Gasteiger partial charge in [0.05, 0.1) is 7.11 Å². The Hall–Kier alpha value is -1.06. The number of nitrogens with one attached hydrogen (secondary N) is 1. The van der Waals surface area contributed by atoms with Gasteiger partial charge in [0, 0.05) is 43.7 Å². The summed E-state index contributed by atoms with van der Waals surface area (Å²) in [5.74, 6) is 1.07. The Morgan fingerprint density at radius 2 is 1.95 bits per heavy atom. The molecule has 0 amide bonds. The highest BCUT2D eigenvalue weighted by Crippen LogP contribution is 2.47. The Kier molecular flexibility index (Phi) is 3.76. The summed E-state index contributed by atoms with van der Waals surface area (Å²) >= 11 is 0. The zero-order valence-electron chi connectivity index (χ0n) is 11.8. The summed E-state index contributed by atoms with van der Waals surface area (Å²) in [6.45, 7) is 5.80. The lowest BCUT2D eigenvalue weighted by atomic mass is 9.63. The number of hydrogen-bond acceptors (Lipinski definition) is 3. The van der Waals surface area contributed by atoms with E-state index < -0.39 is 0 Å². The third-order valence-corrected chi connectivity index (χ3v) is 4.72. The topological polar surface area (TPSA) is 24.5 Å². The maximum Gasteiger partial charge on any atom is 0.122 e. The molecule has 3 heteroatoms. The SMILES string of the molecule is COc1ccccc1C1(CN2CCNCC2)CCC1. The van der Waals surface area contributed by atoms with Crippen LogP contribution in [0.25, 0.3) is 0 Å². The molecule has 2 aliphatic rings. The molecule has 1 heterocycles. The molecule has 1 aromatic rings. The molecular weight excluding hydrogens is 236 g/mol. The highest BCUT2D eigenvalue weighted by Gasteiger charge is 2.41. The average Bonchev–Trinajstić information content (AvgIpc) is 2.44. The van der Waals surface area contributed by atoms with Crippen LogP contribution in [0, 0.1) is 0 Å². The van der Waals surface area contributed by atoms with E-state index in [2.05, 4.69) is 34.5 Å². The Morgan fingerprint density at radius 3 is 2.58 bits per heavy atom. The summed E-state index contributed by atoms with van der Waals surface area (Å²) in [5.41, 5.74) is 1.76. The van der Waals surface area contributed by atoms with Crippen LogP contribution in [0.4, 0.5) is 0 Å². The highest BCUT2D eigenvalue weighted by molar-refractivity contribution is 5.41. The Labute approximate surface area is 115 Å². The van der Waals surface area contributed by atoms with Crippen LogP contribution < -0.4 is 10.1 Å². The lowest BCUT2D eigenvalue weighted by molar-refractivity contribution is 0.126. The molecule has 2 fully saturated rings. The molecule has 1 N–H and O–H groups in total. The van der Waals surface area contributed by atoms with E-state index in [1.807, 2.05) is 0 Å². The minimum atomic E-state index is 0.337. The van der Waals surface area contributed by atoms with Crippen molar-refractivity contribution in [1.29, 1.82) is 0 Å². The fourth-order valence-electron chi connectivity index (χ4n) is 3.50. The quantitative estimate of drug-likeness (QED) is 0.896. The molecule has 1 aliphatic carbocycles. The van der Waals surface area contributed by atoms with E-state index in [1.165, 1.54) is 44.5 Å². The molecule has 19 heavy (non-hydrogen) atoms. The number of para-hydroxylation sites is 1. The van der Waals surface area contributed by atoms with Crippen LogP contribution in [0.2, 0.25) is 0 Å². The van der Waals surface area contributed by atoms with Crippen LogP contribution in [0.15, 0.2) is 24.3 Å². The van der Waals surface area contributed by atoms with Crippen molar-refractivity contribution in [2.24, 2.45) is 0 Å². The minimum absolute atomic E-state index is 0.337. The van der Waals surface area contributed by atoms with E-state index >= 15 is 0 Å². The fourth-order valence-corrected chi connectivity index (χ4v) is 3.50. The number of ether oxygens (including phenoxy) is 1. The summed E-state index contributed by atoms with van der Waals surface area (Å²) in [6.07, 6.45) is 3.96. The maximum absolute atomic E-state index is 5.59. The van der Waals surface area contributed by atoms with Gasteiger partial charge >= 0.3 is 0 Å². The van der Waals surface area contributed by atoms with E-state index in [1.54, 1.807) is 7.11 Å². The Balaban J connectivity index is 1.81. The van der Waals surface area contributed by atoms with E-state index in [0.717, 1.165) is 18.8 Å². The van der Waals surface area contributed by atoms with Gasteiger partial charge in [-0.15, -0.1) is 0 Å². The van der Waals surface area contributed by atoms with Crippen molar-refractivity contribution in [2.45, 2.75) is 24.7 Å². The first kappa shape index (κ1) is 12.9. The first-order valence-electron chi connectivity index (χ1n) is 7.41. The van der Waals surface area contributed by atoms with Crippen molar-refractivity contribution in [3.05, 3.63) is 29.8 Å². The van der Waals surface area contributed by atoms with Gasteiger partial charge < -0.3 is 10.1 Å². The van der Waals surface area contributed by atoms with E-state index in [4.69, 9.17) is 4.74 Å². The number of methoxy groups -OCH3 is 1. The molecule has 1 saturated carbocycles. The van der Waals surface area contributed by atoms with E-state index in [9.17, 15) is 0 Å². The first-order chi connectivity index (χ1) is 9.34. The molecule has 0 bridgehead atoms. The molecule has 0 atom stereocenters. The molecule has 104 valence electrons. The van der Waals surface area contributed by atoms with Crippen LogP contribution in [-0.4, -0.2) is 44.7 Å². The number of benzene rings is 1. The van der Waals surface area contributed by atoms with Crippen molar-refractivity contribution >= 4 is 0 Å². The third kappa shape index (κ3) is 2.49. The van der Waals surface area contributed by atoms with Crippen molar-refractivity contribution in [2.75, 3.05) is 39.8 Å². The molecule has 1 aliphatic heterocycles. The summed E-state index contributed by atoms with van der Waals surface area (Å²) in [7, 11) is 1.79. The van der Waals surface area contributed by atoms with Gasteiger partial charge in [0.2, 0.25) is 0 Å². The highest BCUT2D eigenvalue weighted by atomic mass is 16.5. The van der Waals surface area contributed by atoms with Crippen molar-refractivity contribution in [3.8, 4) is 5.75 Å². The maximum atomic E-state index is 5.59. The molecule has 1 aromatic carbocycles. The molecule has 0 spiro atoms. The number of piperazine rings is 1. The summed E-state index contributed by atoms with van der Waals surface area (Å²) < 4.78 is 5.59. The molecule has 0 radical (unpaired) electrons. The van der Waals surface area contributed by atoms with Crippen molar-refractivity contribution in [3.63, 3.8) is 0 Å². The van der Waals surface area contributed by atoms with Gasteiger partial charge in [0.25, 0.3) is 0 Å². The Morgan fingerprint density at radius 1 is 1.21 bits per heavy atom. The molecule has 0 unspecified atom stereocenters. The summed E-state index contributed by atoms with van der Waals surface area (Å²) in [5, 5.41) is 3.43. The second-order valence-corrected chi connectivity index (χ2v) is 5.86. The van der Waals surface area contributed by atoms with E-state index in [0.29, 0.717) is 5.41 Å². The zero-order valence-corrected chi connectivity index (χ0v) is 11.8. The zero-order chi connectivity index (χ0) is 13.1. The predicted molar refractivity (Wildman–Crippen MR) is 77.8 cm³/mol. The van der Waals surface area contributed by atoms with Crippen LogP contribution in [0.3, 0.4) is 0 Å². The van der Waals surface area contributed by atoms with Gasteiger partial charge in [-0.2, -0.15) is 0 Å². The molecule has 0 aromatic heterocycles. The standard InChI is InChI=1S/C16H24N2O/c1-19-15-6-3-2-5-14(15)16(7-4-8-16)13-18-11-9-17-10-12-18/h2-3,5-6,17H,4,7-13H2,1H3. The van der Waals surface area contributed by atoms with Crippen LogP contribution in [-0.2, 0) is 5.41 Å². The predicted octanol–water partition coefficient (Wildman–Crippen LogP) is 2.02. The smallest absolute Gasteiger partial charge is 0.122 e. The van der Waals surface area contributed by atoms with Crippen molar-refractivity contribution < 1.29 is 4.74 Å². The lowest BCUT2D eigenvalue weighted by Crippen LogP contribution is -2.51. The van der Waals surface area contributed by atoms with Crippen LogP contribution >= 0.6 is 0 Å². The monoisotopic (exact) mass is 260 g/mol. The molecule has 3 rings (SSSR count). The number of hydrogen-bond donors (Lipinski definition) is 1. The van der Waals surface area contributed by atoms with Gasteiger partial charge in [0.15, 0.2) is 0 Å². The van der Waals surface area contributed by atoms with E-state index in [-0.39, 0.29) is 0 Å². The number of rotatable bonds is 4. The van der Waals surface area contributed by atoms with Crippen LogP contribution in [0.1, 0.15) is 24.8 Å². The van der Waals surface area contributed by atoms with Gasteiger partial charge in [-0.25, -0.2) is 0 Å². The largest absolute Gasteiger partial charge is 0.496 e. The number of nitrogens with zero attached hydrogens (tertiary/aromatic N) is 1. The normalized spacial score (nSPS) is 22.8. The fraction of sp³-hybridized carbons (Fsp3) is 0.625. The summed E-state index contributed by atoms with van der Waals surface area (Å²) in [6, 6.07) is 8.59. The molecule has 3 nitrogen and oxygen atoms in total. The first-order valence-corrected chi connectivity index (χ1v) is 7.41. The van der Waals surface area contributed by atoms with Gasteiger partial charge in [-0.3, -0.25) is 4.90 Å². The summed E-state index contributed by atoms with van der Waals surface area (Å²) in [4.78, 5) is 2.61. The average molecular weight is 260 g/mol. The van der Waals surface area contributed by atoms with Crippen LogP contribution in [0.5, 0.6) is 5.75 Å².